The largest absolute Gasteiger partial charge is 0.315 e. The van der Waals surface area contributed by atoms with E-state index in [2.05, 4.69) is 26.1 Å². The molecule has 1 nitrogen and oxygen atoms in total. The monoisotopic (exact) mass is 241 g/mol. The number of halogens is 2. The van der Waals surface area contributed by atoms with Crippen LogP contribution in [0.5, 0.6) is 0 Å². The second-order valence-electron chi connectivity index (χ2n) is 4.78. The Hall–Kier alpha value is -0.960. The Morgan fingerprint density at radius 1 is 1.12 bits per heavy atom. The van der Waals surface area contributed by atoms with Crippen molar-refractivity contribution in [3.63, 3.8) is 0 Å². The molecule has 0 heterocycles. The predicted octanol–water partition coefficient (Wildman–Crippen LogP) is 3.53. The van der Waals surface area contributed by atoms with Crippen molar-refractivity contribution >= 4 is 0 Å². The Morgan fingerprint density at radius 2 is 1.71 bits per heavy atom. The molecule has 0 aliphatic heterocycles. The summed E-state index contributed by atoms with van der Waals surface area (Å²) < 4.78 is 26.0. The van der Waals surface area contributed by atoms with Gasteiger partial charge in [0.1, 0.15) is 11.6 Å². The summed E-state index contributed by atoms with van der Waals surface area (Å²) in [6, 6.07) is 4.18. The van der Waals surface area contributed by atoms with Gasteiger partial charge in [-0.1, -0.05) is 13.8 Å². The zero-order chi connectivity index (χ0) is 12.8. The summed E-state index contributed by atoms with van der Waals surface area (Å²) in [5.41, 5.74) is 0.735. The van der Waals surface area contributed by atoms with E-state index in [0.717, 1.165) is 24.6 Å². The fourth-order valence-corrected chi connectivity index (χ4v) is 2.25. The van der Waals surface area contributed by atoms with Crippen LogP contribution in [-0.4, -0.2) is 12.6 Å². The minimum Gasteiger partial charge on any atom is -0.315 e. The SMILES string of the molecule is CCNC(C)CC(C)Cc1cc(F)cc(F)c1. The Labute approximate surface area is 102 Å². The number of benzene rings is 1. The topological polar surface area (TPSA) is 12.0 Å². The molecule has 1 N–H and O–H groups in total. The lowest BCUT2D eigenvalue weighted by Crippen LogP contribution is -2.27. The maximum absolute atomic E-state index is 13.0. The van der Waals surface area contributed by atoms with Crippen molar-refractivity contribution in [2.45, 2.75) is 39.7 Å². The van der Waals surface area contributed by atoms with Crippen molar-refractivity contribution in [3.05, 3.63) is 35.4 Å². The number of nitrogens with one attached hydrogen (secondary N) is 1. The third-order valence-electron chi connectivity index (χ3n) is 2.82. The molecular formula is C14H21F2N. The van der Waals surface area contributed by atoms with E-state index in [-0.39, 0.29) is 0 Å². The smallest absolute Gasteiger partial charge is 0.126 e. The van der Waals surface area contributed by atoms with E-state index in [1.807, 2.05) is 0 Å². The first-order valence-corrected chi connectivity index (χ1v) is 6.19. The van der Waals surface area contributed by atoms with Gasteiger partial charge in [0.15, 0.2) is 0 Å². The Morgan fingerprint density at radius 3 is 2.24 bits per heavy atom. The molecule has 1 aromatic carbocycles. The molecule has 96 valence electrons. The lowest BCUT2D eigenvalue weighted by Gasteiger charge is -2.18. The molecule has 0 saturated heterocycles. The first-order valence-electron chi connectivity index (χ1n) is 6.19. The molecular weight excluding hydrogens is 220 g/mol. The van der Waals surface area contributed by atoms with Gasteiger partial charge in [0.25, 0.3) is 0 Å². The average Bonchev–Trinajstić information content (AvgIpc) is 2.14. The van der Waals surface area contributed by atoms with Gasteiger partial charge >= 0.3 is 0 Å². The molecule has 17 heavy (non-hydrogen) atoms. The average molecular weight is 241 g/mol. The van der Waals surface area contributed by atoms with Gasteiger partial charge < -0.3 is 5.32 Å². The normalized spacial score (nSPS) is 14.6. The van der Waals surface area contributed by atoms with Crippen molar-refractivity contribution in [3.8, 4) is 0 Å². The van der Waals surface area contributed by atoms with Crippen molar-refractivity contribution in [2.75, 3.05) is 6.54 Å². The number of hydrogen-bond acceptors (Lipinski definition) is 1. The molecule has 3 heteroatoms. The molecule has 2 atom stereocenters. The molecule has 0 saturated carbocycles. The summed E-state index contributed by atoms with van der Waals surface area (Å²) in [4.78, 5) is 0. The van der Waals surface area contributed by atoms with E-state index in [1.165, 1.54) is 12.1 Å². The van der Waals surface area contributed by atoms with E-state index in [9.17, 15) is 8.78 Å². The summed E-state index contributed by atoms with van der Waals surface area (Å²) in [5.74, 6) is -0.580. The summed E-state index contributed by atoms with van der Waals surface area (Å²) >= 11 is 0. The third-order valence-corrected chi connectivity index (χ3v) is 2.82. The van der Waals surface area contributed by atoms with E-state index in [0.29, 0.717) is 18.4 Å². The van der Waals surface area contributed by atoms with Crippen LogP contribution in [0.3, 0.4) is 0 Å². The minimum atomic E-state index is -0.494. The Bertz CT molecular complexity index is 332. The standard InChI is InChI=1S/C14H21F2N/c1-4-17-11(3)5-10(2)6-12-7-13(15)9-14(16)8-12/h7-11,17H,4-6H2,1-3H3. The maximum Gasteiger partial charge on any atom is 0.126 e. The number of rotatable bonds is 6. The van der Waals surface area contributed by atoms with Crippen LogP contribution in [0.15, 0.2) is 18.2 Å². The lowest BCUT2D eigenvalue weighted by atomic mass is 9.95. The van der Waals surface area contributed by atoms with E-state index in [4.69, 9.17) is 0 Å². The molecule has 0 aliphatic carbocycles. The van der Waals surface area contributed by atoms with Gasteiger partial charge in [0, 0.05) is 12.1 Å². The summed E-state index contributed by atoms with van der Waals surface area (Å²) in [6.45, 7) is 7.26. The highest BCUT2D eigenvalue weighted by Gasteiger charge is 2.10. The van der Waals surface area contributed by atoms with Crippen LogP contribution in [0.25, 0.3) is 0 Å². The highest BCUT2D eigenvalue weighted by atomic mass is 19.1. The highest BCUT2D eigenvalue weighted by Crippen LogP contribution is 2.16. The van der Waals surface area contributed by atoms with Crippen LogP contribution in [-0.2, 0) is 6.42 Å². The maximum atomic E-state index is 13.0. The van der Waals surface area contributed by atoms with E-state index in [1.54, 1.807) is 0 Å². The third kappa shape index (κ3) is 5.26. The van der Waals surface area contributed by atoms with Crippen LogP contribution in [0.4, 0.5) is 8.78 Å². The molecule has 0 fully saturated rings. The number of hydrogen-bond donors (Lipinski definition) is 1. The second kappa shape index (κ2) is 6.70. The van der Waals surface area contributed by atoms with Crippen molar-refractivity contribution in [1.29, 1.82) is 0 Å². The summed E-state index contributed by atoms with van der Waals surface area (Å²) in [6.07, 6.45) is 1.72. The van der Waals surface area contributed by atoms with E-state index < -0.39 is 11.6 Å². The van der Waals surface area contributed by atoms with Crippen LogP contribution in [0, 0.1) is 17.6 Å². The second-order valence-corrected chi connectivity index (χ2v) is 4.78. The molecule has 0 aromatic heterocycles. The van der Waals surface area contributed by atoms with Crippen LogP contribution < -0.4 is 5.32 Å². The molecule has 0 amide bonds. The van der Waals surface area contributed by atoms with Gasteiger partial charge in [-0.15, -0.1) is 0 Å². The fourth-order valence-electron chi connectivity index (χ4n) is 2.25. The molecule has 0 spiro atoms. The van der Waals surface area contributed by atoms with Crippen molar-refractivity contribution < 1.29 is 8.78 Å². The van der Waals surface area contributed by atoms with E-state index >= 15 is 0 Å². The molecule has 2 unspecified atom stereocenters. The minimum absolute atomic E-state index is 0.408. The first kappa shape index (κ1) is 14.1. The molecule has 0 bridgehead atoms. The zero-order valence-corrected chi connectivity index (χ0v) is 10.8. The van der Waals surface area contributed by atoms with Crippen molar-refractivity contribution in [1.82, 2.24) is 5.32 Å². The molecule has 0 aliphatic rings. The first-order chi connectivity index (χ1) is 8.01. The predicted molar refractivity (Wildman–Crippen MR) is 67.0 cm³/mol. The Kier molecular flexibility index (Phi) is 5.56. The van der Waals surface area contributed by atoms with Gasteiger partial charge in [-0.05, 0) is 49.9 Å². The lowest BCUT2D eigenvalue weighted by molar-refractivity contribution is 0.425. The summed E-state index contributed by atoms with van der Waals surface area (Å²) in [7, 11) is 0. The quantitative estimate of drug-likeness (QED) is 0.803. The molecule has 1 rings (SSSR count). The summed E-state index contributed by atoms with van der Waals surface area (Å²) in [5, 5.41) is 3.34. The van der Waals surface area contributed by atoms with Gasteiger partial charge in [-0.25, -0.2) is 8.78 Å². The molecule has 1 aromatic rings. The van der Waals surface area contributed by atoms with Gasteiger partial charge in [0.2, 0.25) is 0 Å². The zero-order valence-electron chi connectivity index (χ0n) is 10.8. The van der Waals surface area contributed by atoms with Gasteiger partial charge in [0.05, 0.1) is 0 Å². The Balaban J connectivity index is 2.52. The van der Waals surface area contributed by atoms with Gasteiger partial charge in [-0.3, -0.25) is 0 Å². The van der Waals surface area contributed by atoms with Crippen LogP contribution in [0.1, 0.15) is 32.8 Å². The highest BCUT2D eigenvalue weighted by molar-refractivity contribution is 5.18. The molecule has 0 radical (unpaired) electrons. The van der Waals surface area contributed by atoms with Crippen LogP contribution >= 0.6 is 0 Å². The van der Waals surface area contributed by atoms with Crippen LogP contribution in [0.2, 0.25) is 0 Å². The fraction of sp³-hybridized carbons (Fsp3) is 0.571. The van der Waals surface area contributed by atoms with Gasteiger partial charge in [-0.2, -0.15) is 0 Å². The van der Waals surface area contributed by atoms with Crippen molar-refractivity contribution in [2.24, 2.45) is 5.92 Å².